The molecule has 0 saturated heterocycles. The molecule has 0 spiro atoms. The average molecular weight is 371 g/mol. The lowest BCUT2D eigenvalue weighted by Gasteiger charge is -2.24. The first kappa shape index (κ1) is 18.6. The topological polar surface area (TPSA) is 91.4 Å². The van der Waals surface area contributed by atoms with E-state index in [4.69, 9.17) is 4.74 Å². The lowest BCUT2D eigenvalue weighted by molar-refractivity contribution is -0.143. The van der Waals surface area contributed by atoms with Crippen LogP contribution in [0.25, 0.3) is 11.0 Å². The summed E-state index contributed by atoms with van der Waals surface area (Å²) in [5.74, 6) is 0.150. The molecule has 1 aliphatic rings. The molecule has 0 saturated carbocycles. The van der Waals surface area contributed by atoms with Crippen molar-refractivity contribution in [3.05, 3.63) is 53.9 Å². The number of aromatic nitrogens is 2. The minimum atomic E-state index is -0.400. The van der Waals surface area contributed by atoms with Crippen LogP contribution < -0.4 is 10.6 Å². The molecule has 2 aromatic rings. The van der Waals surface area contributed by atoms with Crippen LogP contribution in [0.5, 0.6) is 0 Å². The molecular weight excluding hydrogens is 349 g/mol. The SMILES string of the molecule is C=CC1=C(NCCCC(=O)OCC)NC(c2c[nH]c3ncc(F)cc23)N=C1. The van der Waals surface area contributed by atoms with Crippen molar-refractivity contribution in [3.63, 3.8) is 0 Å². The summed E-state index contributed by atoms with van der Waals surface area (Å²) in [5, 5.41) is 7.24. The van der Waals surface area contributed by atoms with Crippen LogP contribution >= 0.6 is 0 Å². The Morgan fingerprint density at radius 2 is 2.37 bits per heavy atom. The Morgan fingerprint density at radius 3 is 3.15 bits per heavy atom. The van der Waals surface area contributed by atoms with Crippen molar-refractivity contribution in [1.29, 1.82) is 0 Å². The summed E-state index contributed by atoms with van der Waals surface area (Å²) in [5.41, 5.74) is 2.21. The van der Waals surface area contributed by atoms with Gasteiger partial charge < -0.3 is 20.4 Å². The first-order valence-electron chi connectivity index (χ1n) is 8.80. The zero-order valence-electron chi connectivity index (χ0n) is 15.1. The van der Waals surface area contributed by atoms with Crippen LogP contribution in [0.15, 0.2) is 47.5 Å². The number of pyridine rings is 1. The second-order valence-corrected chi connectivity index (χ2v) is 5.99. The molecule has 0 fully saturated rings. The Hall–Kier alpha value is -3.16. The molecule has 0 aromatic carbocycles. The summed E-state index contributed by atoms with van der Waals surface area (Å²) in [6.45, 7) is 6.56. The third kappa shape index (κ3) is 4.33. The van der Waals surface area contributed by atoms with Gasteiger partial charge in [-0.1, -0.05) is 12.7 Å². The Bertz CT molecular complexity index is 903. The van der Waals surface area contributed by atoms with E-state index in [0.717, 1.165) is 17.0 Å². The maximum absolute atomic E-state index is 13.6. The zero-order valence-corrected chi connectivity index (χ0v) is 15.1. The van der Waals surface area contributed by atoms with Gasteiger partial charge >= 0.3 is 5.97 Å². The number of H-pyrrole nitrogens is 1. The van der Waals surface area contributed by atoms with Gasteiger partial charge in [0.05, 0.1) is 12.8 Å². The minimum absolute atomic E-state index is 0.207. The van der Waals surface area contributed by atoms with Crippen LogP contribution in [0.4, 0.5) is 4.39 Å². The molecule has 3 N–H and O–H groups in total. The van der Waals surface area contributed by atoms with Gasteiger partial charge in [-0.3, -0.25) is 9.79 Å². The molecule has 142 valence electrons. The summed E-state index contributed by atoms with van der Waals surface area (Å²) in [4.78, 5) is 23.0. The largest absolute Gasteiger partial charge is 0.466 e. The van der Waals surface area contributed by atoms with Gasteiger partial charge in [0.1, 0.15) is 23.5 Å². The van der Waals surface area contributed by atoms with E-state index in [9.17, 15) is 9.18 Å². The Balaban J connectivity index is 1.68. The highest BCUT2D eigenvalue weighted by atomic mass is 19.1. The molecule has 7 nitrogen and oxygen atoms in total. The third-order valence-electron chi connectivity index (χ3n) is 4.14. The van der Waals surface area contributed by atoms with Crippen LogP contribution in [-0.2, 0) is 9.53 Å². The quantitative estimate of drug-likeness (QED) is 0.490. The number of rotatable bonds is 8. The van der Waals surface area contributed by atoms with Crippen molar-refractivity contribution >= 4 is 23.2 Å². The van der Waals surface area contributed by atoms with E-state index >= 15 is 0 Å². The highest BCUT2D eigenvalue weighted by molar-refractivity contribution is 5.85. The van der Waals surface area contributed by atoms with Gasteiger partial charge in [-0.25, -0.2) is 9.37 Å². The number of carbonyl (C=O) groups is 1. The average Bonchev–Trinajstić information content (AvgIpc) is 3.08. The lowest BCUT2D eigenvalue weighted by Crippen LogP contribution is -2.34. The van der Waals surface area contributed by atoms with E-state index in [2.05, 4.69) is 32.2 Å². The monoisotopic (exact) mass is 371 g/mol. The number of halogens is 1. The van der Waals surface area contributed by atoms with E-state index in [0.29, 0.717) is 37.0 Å². The molecule has 0 amide bonds. The van der Waals surface area contributed by atoms with E-state index < -0.39 is 12.0 Å². The molecular formula is C19H22FN5O2. The number of aromatic amines is 1. The molecule has 27 heavy (non-hydrogen) atoms. The lowest BCUT2D eigenvalue weighted by atomic mass is 10.1. The van der Waals surface area contributed by atoms with Crippen LogP contribution in [0.1, 0.15) is 31.5 Å². The van der Waals surface area contributed by atoms with Gasteiger partial charge in [-0.05, 0) is 19.4 Å². The van der Waals surface area contributed by atoms with Crippen LogP contribution in [-0.4, -0.2) is 35.3 Å². The maximum Gasteiger partial charge on any atom is 0.305 e. The standard InChI is InChI=1S/C19H22FN5O2/c1-3-12-9-22-19(15-11-24-18-14(15)8-13(20)10-23-18)25-17(12)21-7-5-6-16(26)27-4-2/h3,8-11,19,21,25H,1,4-7H2,2H3,(H,23,24). The van der Waals surface area contributed by atoms with Gasteiger partial charge in [0.25, 0.3) is 0 Å². The fourth-order valence-corrected chi connectivity index (χ4v) is 2.85. The zero-order chi connectivity index (χ0) is 19.2. The van der Waals surface area contributed by atoms with Gasteiger partial charge in [-0.2, -0.15) is 0 Å². The molecule has 0 radical (unpaired) electrons. The molecule has 1 unspecified atom stereocenters. The molecule has 0 aliphatic carbocycles. The second kappa shape index (κ2) is 8.48. The van der Waals surface area contributed by atoms with Crippen molar-refractivity contribution in [2.75, 3.05) is 13.2 Å². The van der Waals surface area contributed by atoms with Crippen molar-refractivity contribution in [2.45, 2.75) is 25.9 Å². The number of ether oxygens (including phenoxy) is 1. The number of carbonyl (C=O) groups excluding carboxylic acids is 1. The third-order valence-corrected chi connectivity index (χ3v) is 4.14. The highest BCUT2D eigenvalue weighted by Crippen LogP contribution is 2.27. The first-order valence-corrected chi connectivity index (χ1v) is 8.80. The maximum atomic E-state index is 13.6. The fourth-order valence-electron chi connectivity index (χ4n) is 2.85. The number of nitrogens with zero attached hydrogens (tertiary/aromatic N) is 2. The Labute approximate surface area is 156 Å². The smallest absolute Gasteiger partial charge is 0.305 e. The second-order valence-electron chi connectivity index (χ2n) is 5.99. The van der Waals surface area contributed by atoms with E-state index in [1.54, 1.807) is 25.4 Å². The Kier molecular flexibility index (Phi) is 5.85. The Morgan fingerprint density at radius 1 is 1.52 bits per heavy atom. The number of hydrogen-bond donors (Lipinski definition) is 3. The van der Waals surface area contributed by atoms with E-state index in [-0.39, 0.29) is 5.97 Å². The number of fused-ring (bicyclic) bond motifs is 1. The van der Waals surface area contributed by atoms with Crippen molar-refractivity contribution in [1.82, 2.24) is 20.6 Å². The van der Waals surface area contributed by atoms with Gasteiger partial charge in [0.2, 0.25) is 0 Å². The van der Waals surface area contributed by atoms with Crippen molar-refractivity contribution < 1.29 is 13.9 Å². The predicted molar refractivity (Wildman–Crippen MR) is 102 cm³/mol. The predicted octanol–water partition coefficient (Wildman–Crippen LogP) is 2.71. The van der Waals surface area contributed by atoms with Crippen LogP contribution in [0.3, 0.4) is 0 Å². The summed E-state index contributed by atoms with van der Waals surface area (Å²) in [6, 6.07) is 1.44. The fraction of sp³-hybridized carbons (Fsp3) is 0.316. The van der Waals surface area contributed by atoms with Gasteiger partial charge in [-0.15, -0.1) is 0 Å². The van der Waals surface area contributed by atoms with Crippen molar-refractivity contribution in [3.8, 4) is 0 Å². The summed E-state index contributed by atoms with van der Waals surface area (Å²) in [6.07, 6.45) is 6.94. The molecule has 1 aliphatic heterocycles. The minimum Gasteiger partial charge on any atom is -0.466 e. The molecule has 0 bridgehead atoms. The molecule has 3 heterocycles. The first-order chi connectivity index (χ1) is 13.1. The molecule has 3 rings (SSSR count). The van der Waals surface area contributed by atoms with Crippen molar-refractivity contribution in [2.24, 2.45) is 4.99 Å². The van der Waals surface area contributed by atoms with E-state index in [1.165, 1.54) is 12.3 Å². The summed E-state index contributed by atoms with van der Waals surface area (Å²) in [7, 11) is 0. The number of allylic oxidation sites excluding steroid dienone is 2. The normalized spacial score (nSPS) is 16.3. The van der Waals surface area contributed by atoms with E-state index in [1.807, 2.05) is 0 Å². The summed E-state index contributed by atoms with van der Waals surface area (Å²) < 4.78 is 18.5. The highest BCUT2D eigenvalue weighted by Gasteiger charge is 2.20. The molecule has 8 heteroatoms. The summed E-state index contributed by atoms with van der Waals surface area (Å²) >= 11 is 0. The van der Waals surface area contributed by atoms with Gasteiger partial charge in [0.15, 0.2) is 0 Å². The van der Waals surface area contributed by atoms with Crippen LogP contribution in [0.2, 0.25) is 0 Å². The molecule has 2 aromatic heterocycles. The van der Waals surface area contributed by atoms with Gasteiger partial charge in [0, 0.05) is 41.9 Å². The number of hydrogen-bond acceptors (Lipinski definition) is 6. The number of nitrogens with one attached hydrogen (secondary N) is 3. The number of esters is 1. The molecule has 1 atom stereocenters. The van der Waals surface area contributed by atoms with Crippen LogP contribution in [0, 0.1) is 5.82 Å². The number of aliphatic imine (C=N–C) groups is 1.